The Hall–Kier alpha value is -2.17. The molecule has 2 aromatic heterocycles. The van der Waals surface area contributed by atoms with Gasteiger partial charge in [-0.15, -0.1) is 0 Å². The van der Waals surface area contributed by atoms with Crippen LogP contribution in [0.25, 0.3) is 0 Å². The Kier molecular flexibility index (Phi) is 2.73. The summed E-state index contributed by atoms with van der Waals surface area (Å²) in [6, 6.07) is 7.30. The smallest absolute Gasteiger partial charge is 0.128 e. The van der Waals surface area contributed by atoms with Crippen molar-refractivity contribution in [3.8, 4) is 0 Å². The molecule has 0 saturated heterocycles. The van der Waals surface area contributed by atoms with Gasteiger partial charge in [0.05, 0.1) is 12.2 Å². The third-order valence-electron chi connectivity index (χ3n) is 1.86. The van der Waals surface area contributed by atoms with E-state index in [0.29, 0.717) is 12.4 Å². The molecule has 76 valence electrons. The normalized spacial score (nSPS) is 9.87. The molecule has 0 radical (unpaired) electrons. The standard InChI is InChI=1S/C10H11N5/c11-9-2-1-3-10(15-9)13-6-8-4-5-12-7-14-8/h1-5,7H,6H2,(H3,11,13,15). The Labute approximate surface area is 87.4 Å². The molecule has 2 heterocycles. The second-order valence-electron chi connectivity index (χ2n) is 3.00. The quantitative estimate of drug-likeness (QED) is 0.776. The molecule has 0 fully saturated rings. The van der Waals surface area contributed by atoms with Gasteiger partial charge >= 0.3 is 0 Å². The fraction of sp³-hybridized carbons (Fsp3) is 0.100. The van der Waals surface area contributed by atoms with Crippen molar-refractivity contribution in [1.29, 1.82) is 0 Å². The van der Waals surface area contributed by atoms with E-state index in [-0.39, 0.29) is 0 Å². The van der Waals surface area contributed by atoms with Crippen LogP contribution in [0.4, 0.5) is 11.6 Å². The van der Waals surface area contributed by atoms with Crippen LogP contribution in [0.15, 0.2) is 36.8 Å². The van der Waals surface area contributed by atoms with Crippen LogP contribution in [0.1, 0.15) is 5.69 Å². The minimum Gasteiger partial charge on any atom is -0.384 e. The second-order valence-corrected chi connectivity index (χ2v) is 3.00. The molecule has 0 aliphatic rings. The van der Waals surface area contributed by atoms with E-state index in [1.54, 1.807) is 12.3 Å². The summed E-state index contributed by atoms with van der Waals surface area (Å²) in [5.41, 5.74) is 6.46. The number of nitrogen functional groups attached to an aromatic ring is 1. The molecular weight excluding hydrogens is 190 g/mol. The van der Waals surface area contributed by atoms with Crippen LogP contribution in [0.5, 0.6) is 0 Å². The van der Waals surface area contributed by atoms with Gasteiger partial charge in [-0.1, -0.05) is 6.07 Å². The molecule has 15 heavy (non-hydrogen) atoms. The first-order chi connectivity index (χ1) is 7.34. The lowest BCUT2D eigenvalue weighted by Crippen LogP contribution is -2.04. The fourth-order valence-corrected chi connectivity index (χ4v) is 1.15. The van der Waals surface area contributed by atoms with E-state index in [9.17, 15) is 0 Å². The van der Waals surface area contributed by atoms with Gasteiger partial charge in [0, 0.05) is 6.20 Å². The number of rotatable bonds is 3. The molecule has 0 saturated carbocycles. The number of nitrogens with two attached hydrogens (primary N) is 1. The molecule has 0 atom stereocenters. The number of hydrogen-bond donors (Lipinski definition) is 2. The van der Waals surface area contributed by atoms with E-state index < -0.39 is 0 Å². The molecule has 5 nitrogen and oxygen atoms in total. The number of nitrogens with zero attached hydrogens (tertiary/aromatic N) is 3. The molecule has 0 aliphatic heterocycles. The maximum Gasteiger partial charge on any atom is 0.128 e. The molecule has 0 amide bonds. The van der Waals surface area contributed by atoms with Crippen LogP contribution < -0.4 is 11.1 Å². The molecule has 2 rings (SSSR count). The summed E-state index contributed by atoms with van der Waals surface area (Å²) in [6.07, 6.45) is 3.22. The first-order valence-electron chi connectivity index (χ1n) is 4.56. The van der Waals surface area contributed by atoms with Gasteiger partial charge in [-0.05, 0) is 18.2 Å². The van der Waals surface area contributed by atoms with Crippen LogP contribution in [-0.2, 0) is 6.54 Å². The van der Waals surface area contributed by atoms with Gasteiger partial charge in [-0.2, -0.15) is 0 Å². The fourth-order valence-electron chi connectivity index (χ4n) is 1.15. The number of hydrogen-bond acceptors (Lipinski definition) is 5. The topological polar surface area (TPSA) is 76.7 Å². The monoisotopic (exact) mass is 201 g/mol. The first-order valence-corrected chi connectivity index (χ1v) is 4.56. The highest BCUT2D eigenvalue weighted by molar-refractivity contribution is 5.42. The summed E-state index contributed by atoms with van der Waals surface area (Å²) in [4.78, 5) is 12.0. The lowest BCUT2D eigenvalue weighted by atomic mass is 10.4. The Balaban J connectivity index is 1.99. The molecule has 0 aromatic carbocycles. The number of nitrogens with one attached hydrogen (secondary N) is 1. The van der Waals surface area contributed by atoms with Crippen molar-refractivity contribution in [2.45, 2.75) is 6.54 Å². The van der Waals surface area contributed by atoms with Crippen molar-refractivity contribution in [3.63, 3.8) is 0 Å². The molecule has 3 N–H and O–H groups in total. The van der Waals surface area contributed by atoms with Crippen LogP contribution in [-0.4, -0.2) is 15.0 Å². The van der Waals surface area contributed by atoms with Crippen LogP contribution in [0.2, 0.25) is 0 Å². The van der Waals surface area contributed by atoms with Gasteiger partial charge in [0.15, 0.2) is 0 Å². The third-order valence-corrected chi connectivity index (χ3v) is 1.86. The van der Waals surface area contributed by atoms with E-state index in [1.807, 2.05) is 18.2 Å². The molecule has 5 heteroatoms. The SMILES string of the molecule is Nc1cccc(NCc2ccncn2)n1. The molecule has 0 spiro atoms. The van der Waals surface area contributed by atoms with E-state index in [1.165, 1.54) is 6.33 Å². The highest BCUT2D eigenvalue weighted by atomic mass is 15.0. The van der Waals surface area contributed by atoms with Gasteiger partial charge in [-0.25, -0.2) is 15.0 Å². The zero-order valence-electron chi connectivity index (χ0n) is 8.09. The van der Waals surface area contributed by atoms with Crippen molar-refractivity contribution in [1.82, 2.24) is 15.0 Å². The number of aromatic nitrogens is 3. The highest BCUT2D eigenvalue weighted by Crippen LogP contribution is 2.06. The minimum atomic E-state index is 0.502. The van der Waals surface area contributed by atoms with Crippen molar-refractivity contribution < 1.29 is 0 Å². The first kappa shape index (κ1) is 9.39. The molecular formula is C10H11N5. The van der Waals surface area contributed by atoms with Crippen molar-refractivity contribution in [3.05, 3.63) is 42.5 Å². The summed E-state index contributed by atoms with van der Waals surface area (Å²) in [5, 5.41) is 3.12. The van der Waals surface area contributed by atoms with E-state index >= 15 is 0 Å². The van der Waals surface area contributed by atoms with Gasteiger partial charge in [0.1, 0.15) is 18.0 Å². The Bertz CT molecular complexity index is 429. The van der Waals surface area contributed by atoms with Crippen molar-refractivity contribution in [2.24, 2.45) is 0 Å². The summed E-state index contributed by atoms with van der Waals surface area (Å²) in [7, 11) is 0. The van der Waals surface area contributed by atoms with Crippen LogP contribution in [0, 0.1) is 0 Å². The lowest BCUT2D eigenvalue weighted by molar-refractivity contribution is 0.997. The lowest BCUT2D eigenvalue weighted by Gasteiger charge is -2.04. The summed E-state index contributed by atoms with van der Waals surface area (Å²) >= 11 is 0. The molecule has 0 bridgehead atoms. The summed E-state index contributed by atoms with van der Waals surface area (Å²) in [6.45, 7) is 0.610. The molecule has 2 aromatic rings. The summed E-state index contributed by atoms with van der Waals surface area (Å²) in [5.74, 6) is 1.25. The van der Waals surface area contributed by atoms with Crippen LogP contribution >= 0.6 is 0 Å². The van der Waals surface area contributed by atoms with Gasteiger partial charge in [-0.3, -0.25) is 0 Å². The van der Waals surface area contributed by atoms with E-state index in [0.717, 1.165) is 11.5 Å². The molecule has 0 aliphatic carbocycles. The minimum absolute atomic E-state index is 0.502. The average Bonchev–Trinajstić information content (AvgIpc) is 2.28. The highest BCUT2D eigenvalue weighted by Gasteiger charge is 1.95. The maximum atomic E-state index is 5.55. The predicted molar refractivity (Wildman–Crippen MR) is 58.0 cm³/mol. The zero-order chi connectivity index (χ0) is 10.5. The largest absolute Gasteiger partial charge is 0.384 e. The molecule has 0 unspecified atom stereocenters. The third kappa shape index (κ3) is 2.63. The van der Waals surface area contributed by atoms with Crippen molar-refractivity contribution in [2.75, 3.05) is 11.1 Å². The second kappa shape index (κ2) is 4.36. The van der Waals surface area contributed by atoms with Crippen LogP contribution in [0.3, 0.4) is 0 Å². The average molecular weight is 201 g/mol. The maximum absolute atomic E-state index is 5.55. The van der Waals surface area contributed by atoms with Gasteiger partial charge in [0.2, 0.25) is 0 Å². The number of pyridine rings is 1. The van der Waals surface area contributed by atoms with Crippen molar-refractivity contribution >= 4 is 11.6 Å². The van der Waals surface area contributed by atoms with Gasteiger partial charge in [0.25, 0.3) is 0 Å². The van der Waals surface area contributed by atoms with E-state index in [4.69, 9.17) is 5.73 Å². The zero-order valence-corrected chi connectivity index (χ0v) is 8.09. The predicted octanol–water partition coefficient (Wildman–Crippen LogP) is 1.07. The summed E-state index contributed by atoms with van der Waals surface area (Å²) < 4.78 is 0. The Morgan fingerprint density at radius 3 is 2.93 bits per heavy atom. The Morgan fingerprint density at radius 1 is 1.27 bits per heavy atom. The Morgan fingerprint density at radius 2 is 2.20 bits per heavy atom. The number of anilines is 2. The van der Waals surface area contributed by atoms with E-state index in [2.05, 4.69) is 20.3 Å². The van der Waals surface area contributed by atoms with Gasteiger partial charge < -0.3 is 11.1 Å².